The molecule has 0 aromatic carbocycles. The Morgan fingerprint density at radius 1 is 1.30 bits per heavy atom. The van der Waals surface area contributed by atoms with Gasteiger partial charge in [-0.2, -0.15) is 0 Å². The lowest BCUT2D eigenvalue weighted by atomic mass is 10.3. The number of carbonyl (C=O) groups is 1. The molecule has 0 aromatic rings. The molecular weight excluding hydrogens is 144 g/mol. The van der Waals surface area contributed by atoms with Gasteiger partial charge in [-0.25, -0.2) is 0 Å². The van der Waals surface area contributed by atoms with E-state index < -0.39 is 9.04 Å². The summed E-state index contributed by atoms with van der Waals surface area (Å²) in [6.45, 7) is 1.52. The summed E-state index contributed by atoms with van der Waals surface area (Å²) in [6, 6.07) is 2.42. The largest absolute Gasteiger partial charge is 0.522 e. The minimum absolute atomic E-state index is 0.0708. The summed E-state index contributed by atoms with van der Waals surface area (Å²) in [5, 5.41) is 0. The number of hydrogen-bond acceptors (Lipinski definition) is 2. The van der Waals surface area contributed by atoms with Crippen molar-refractivity contribution in [3.05, 3.63) is 0 Å². The van der Waals surface area contributed by atoms with Crippen LogP contribution in [-0.4, -0.2) is 15.0 Å². The molecule has 10 heavy (non-hydrogen) atoms. The zero-order chi connectivity index (χ0) is 7.40. The summed E-state index contributed by atoms with van der Waals surface area (Å²) in [4.78, 5) is 10.5. The monoisotopic (exact) mass is 158 g/mol. The molecule has 0 amide bonds. The first-order valence-corrected chi connectivity index (χ1v) is 6.06. The van der Waals surface area contributed by atoms with Gasteiger partial charge in [0.05, 0.1) is 0 Å². The van der Waals surface area contributed by atoms with E-state index in [1.807, 2.05) is 0 Å². The summed E-state index contributed by atoms with van der Waals surface area (Å²) in [5.41, 5.74) is 0. The predicted octanol–water partition coefficient (Wildman–Crippen LogP) is 1.46. The second kappa shape index (κ2) is 3.76. The molecule has 3 heteroatoms. The van der Waals surface area contributed by atoms with E-state index in [9.17, 15) is 4.79 Å². The van der Waals surface area contributed by atoms with Crippen LogP contribution in [0, 0.1) is 0 Å². The first-order valence-electron chi connectivity index (χ1n) is 3.96. The second-order valence-corrected chi connectivity index (χ2v) is 5.50. The van der Waals surface area contributed by atoms with Crippen LogP contribution in [0.2, 0.25) is 12.1 Å². The van der Waals surface area contributed by atoms with Crippen molar-refractivity contribution in [2.24, 2.45) is 0 Å². The molecule has 0 unspecified atom stereocenters. The minimum Gasteiger partial charge on any atom is -0.522 e. The topological polar surface area (TPSA) is 26.3 Å². The van der Waals surface area contributed by atoms with Gasteiger partial charge in [-0.1, -0.05) is 19.3 Å². The first-order chi connectivity index (χ1) is 4.79. The van der Waals surface area contributed by atoms with Gasteiger partial charge >= 0.3 is 0 Å². The maximum Gasteiger partial charge on any atom is 0.289 e. The molecule has 0 saturated carbocycles. The molecule has 0 N–H and O–H groups in total. The molecule has 1 heterocycles. The van der Waals surface area contributed by atoms with Crippen LogP contribution in [0.4, 0.5) is 0 Å². The maximum absolute atomic E-state index is 10.5. The van der Waals surface area contributed by atoms with Crippen LogP contribution >= 0.6 is 0 Å². The van der Waals surface area contributed by atoms with Crippen LogP contribution < -0.4 is 0 Å². The van der Waals surface area contributed by atoms with Gasteiger partial charge in [-0.05, 0) is 12.1 Å². The molecule has 0 radical (unpaired) electrons. The molecule has 0 bridgehead atoms. The molecule has 0 aromatic heterocycles. The number of rotatable bonds is 1. The number of carbonyl (C=O) groups excluding carboxylic acids is 1. The van der Waals surface area contributed by atoms with Crippen molar-refractivity contribution >= 4 is 15.0 Å². The molecule has 0 spiro atoms. The Morgan fingerprint density at radius 2 is 1.90 bits per heavy atom. The second-order valence-electron chi connectivity index (χ2n) is 2.87. The third-order valence-electron chi connectivity index (χ3n) is 1.88. The van der Waals surface area contributed by atoms with Crippen LogP contribution in [0.25, 0.3) is 0 Å². The van der Waals surface area contributed by atoms with Crippen LogP contribution in [0.3, 0.4) is 0 Å². The highest BCUT2D eigenvalue weighted by Gasteiger charge is 2.17. The lowest BCUT2D eigenvalue weighted by Crippen LogP contribution is -2.22. The van der Waals surface area contributed by atoms with Gasteiger partial charge in [0.15, 0.2) is 0 Å². The quantitative estimate of drug-likeness (QED) is 0.540. The standard InChI is InChI=1S/C7H14O2Si/c1-7(8)9-10-5-3-2-4-6-10/h10H,2-6H2,1H3. The van der Waals surface area contributed by atoms with Gasteiger partial charge < -0.3 is 4.43 Å². The Hall–Kier alpha value is -0.313. The Bertz CT molecular complexity index is 119. The molecule has 0 atom stereocenters. The fourth-order valence-electron chi connectivity index (χ4n) is 1.42. The average molecular weight is 158 g/mol. The van der Waals surface area contributed by atoms with Gasteiger partial charge in [0.2, 0.25) is 9.04 Å². The SMILES string of the molecule is CC(=O)O[SiH]1CCCCC1. The lowest BCUT2D eigenvalue weighted by Gasteiger charge is -2.18. The third kappa shape index (κ3) is 2.52. The van der Waals surface area contributed by atoms with Gasteiger partial charge in [-0.3, -0.25) is 4.79 Å². The van der Waals surface area contributed by atoms with Crippen molar-refractivity contribution in [2.75, 3.05) is 0 Å². The van der Waals surface area contributed by atoms with Crippen molar-refractivity contribution in [3.63, 3.8) is 0 Å². The lowest BCUT2D eigenvalue weighted by molar-refractivity contribution is -0.132. The fourth-order valence-corrected chi connectivity index (χ4v) is 3.90. The van der Waals surface area contributed by atoms with Crippen LogP contribution in [0.1, 0.15) is 26.2 Å². The van der Waals surface area contributed by atoms with Crippen LogP contribution in [0.15, 0.2) is 0 Å². The minimum atomic E-state index is -1.03. The van der Waals surface area contributed by atoms with E-state index in [1.165, 1.54) is 38.3 Å². The van der Waals surface area contributed by atoms with E-state index in [2.05, 4.69) is 0 Å². The normalized spacial score (nSPS) is 20.5. The van der Waals surface area contributed by atoms with E-state index >= 15 is 0 Å². The fraction of sp³-hybridized carbons (Fsp3) is 0.857. The molecule has 2 nitrogen and oxygen atoms in total. The molecule has 1 fully saturated rings. The predicted molar refractivity (Wildman–Crippen MR) is 42.4 cm³/mol. The molecular formula is C7H14O2Si. The van der Waals surface area contributed by atoms with E-state index in [4.69, 9.17) is 4.43 Å². The summed E-state index contributed by atoms with van der Waals surface area (Å²) in [5.74, 6) is -0.0708. The molecule has 1 rings (SSSR count). The highest BCUT2D eigenvalue weighted by molar-refractivity contribution is 6.53. The zero-order valence-electron chi connectivity index (χ0n) is 6.43. The van der Waals surface area contributed by atoms with E-state index in [-0.39, 0.29) is 5.97 Å². The summed E-state index contributed by atoms with van der Waals surface area (Å²) in [7, 11) is -1.03. The summed E-state index contributed by atoms with van der Waals surface area (Å²) in [6.07, 6.45) is 3.90. The maximum atomic E-state index is 10.5. The van der Waals surface area contributed by atoms with Gasteiger partial charge in [0.25, 0.3) is 5.97 Å². The Balaban J connectivity index is 2.19. The zero-order valence-corrected chi connectivity index (χ0v) is 7.58. The van der Waals surface area contributed by atoms with Crippen molar-refractivity contribution in [1.82, 2.24) is 0 Å². The molecule has 58 valence electrons. The Labute approximate surface area is 63.3 Å². The van der Waals surface area contributed by atoms with Crippen molar-refractivity contribution in [2.45, 2.75) is 38.3 Å². The summed E-state index contributed by atoms with van der Waals surface area (Å²) < 4.78 is 5.19. The Kier molecular flexibility index (Phi) is 2.93. The van der Waals surface area contributed by atoms with Gasteiger partial charge in [0, 0.05) is 6.92 Å². The highest BCUT2D eigenvalue weighted by Crippen LogP contribution is 2.19. The summed E-state index contributed by atoms with van der Waals surface area (Å²) >= 11 is 0. The molecule has 1 aliphatic rings. The first kappa shape index (κ1) is 7.79. The Morgan fingerprint density at radius 3 is 2.40 bits per heavy atom. The van der Waals surface area contributed by atoms with Crippen molar-refractivity contribution in [1.29, 1.82) is 0 Å². The molecule has 0 aliphatic carbocycles. The smallest absolute Gasteiger partial charge is 0.289 e. The molecule has 1 aliphatic heterocycles. The van der Waals surface area contributed by atoms with E-state index in [0.29, 0.717) is 0 Å². The van der Waals surface area contributed by atoms with Crippen molar-refractivity contribution < 1.29 is 9.22 Å². The van der Waals surface area contributed by atoms with Crippen molar-refractivity contribution in [3.8, 4) is 0 Å². The van der Waals surface area contributed by atoms with Gasteiger partial charge in [0.1, 0.15) is 0 Å². The van der Waals surface area contributed by atoms with E-state index in [0.717, 1.165) is 0 Å². The van der Waals surface area contributed by atoms with Gasteiger partial charge in [-0.15, -0.1) is 0 Å². The highest BCUT2D eigenvalue weighted by atomic mass is 28.3. The van der Waals surface area contributed by atoms with Crippen LogP contribution in [0.5, 0.6) is 0 Å². The van der Waals surface area contributed by atoms with Crippen LogP contribution in [-0.2, 0) is 9.22 Å². The van der Waals surface area contributed by atoms with E-state index in [1.54, 1.807) is 0 Å². The third-order valence-corrected chi connectivity index (χ3v) is 4.65. The number of hydrogen-bond donors (Lipinski definition) is 0. The molecule has 1 saturated heterocycles. The average Bonchev–Trinajstić information content (AvgIpc) is 1.88.